The molecule has 0 saturated heterocycles. The molecular formula is C16H12FNO. The predicted octanol–water partition coefficient (Wildman–Crippen LogP) is 3.67. The van der Waals surface area contributed by atoms with Crippen LogP contribution in [0.4, 0.5) is 4.39 Å². The Labute approximate surface area is 110 Å². The van der Waals surface area contributed by atoms with Crippen LogP contribution in [0.15, 0.2) is 54.7 Å². The Hall–Kier alpha value is -2.42. The highest BCUT2D eigenvalue weighted by molar-refractivity contribution is 5.84. The molecule has 19 heavy (non-hydrogen) atoms. The number of phenolic OH excluding ortho intramolecular Hbond substituents is 1. The summed E-state index contributed by atoms with van der Waals surface area (Å²) in [5, 5.41) is 10.6. The number of hydrogen-bond acceptors (Lipinski definition) is 2. The van der Waals surface area contributed by atoms with E-state index in [9.17, 15) is 9.50 Å². The summed E-state index contributed by atoms with van der Waals surface area (Å²) in [5.41, 5.74) is 2.66. The van der Waals surface area contributed by atoms with E-state index in [1.807, 2.05) is 12.1 Å². The van der Waals surface area contributed by atoms with E-state index in [4.69, 9.17) is 0 Å². The maximum atomic E-state index is 12.8. The lowest BCUT2D eigenvalue weighted by molar-refractivity contribution is 0.480. The molecule has 0 aliphatic rings. The van der Waals surface area contributed by atoms with E-state index >= 15 is 0 Å². The van der Waals surface area contributed by atoms with Crippen molar-refractivity contribution in [2.24, 2.45) is 0 Å². The number of rotatable bonds is 2. The van der Waals surface area contributed by atoms with Gasteiger partial charge in [0.25, 0.3) is 0 Å². The summed E-state index contributed by atoms with van der Waals surface area (Å²) in [6, 6.07) is 13.8. The van der Waals surface area contributed by atoms with E-state index < -0.39 is 0 Å². The van der Waals surface area contributed by atoms with E-state index in [1.165, 1.54) is 12.1 Å². The summed E-state index contributed by atoms with van der Waals surface area (Å²) < 4.78 is 12.8. The monoisotopic (exact) mass is 253 g/mol. The van der Waals surface area contributed by atoms with Gasteiger partial charge in [-0.15, -0.1) is 0 Å². The molecule has 0 aliphatic heterocycles. The summed E-state index contributed by atoms with van der Waals surface area (Å²) in [6.45, 7) is 0. The van der Waals surface area contributed by atoms with Crippen LogP contribution in [0.25, 0.3) is 10.9 Å². The van der Waals surface area contributed by atoms with E-state index in [0.717, 1.165) is 16.5 Å². The summed E-state index contributed by atoms with van der Waals surface area (Å²) in [7, 11) is 0. The normalized spacial score (nSPS) is 10.8. The third kappa shape index (κ3) is 2.40. The average Bonchev–Trinajstić information content (AvgIpc) is 2.42. The zero-order chi connectivity index (χ0) is 13.2. The van der Waals surface area contributed by atoms with E-state index in [2.05, 4.69) is 4.98 Å². The Morgan fingerprint density at radius 3 is 2.58 bits per heavy atom. The highest BCUT2D eigenvalue weighted by Gasteiger charge is 2.03. The second-order valence-electron chi connectivity index (χ2n) is 4.50. The Morgan fingerprint density at radius 2 is 1.79 bits per heavy atom. The van der Waals surface area contributed by atoms with Crippen molar-refractivity contribution in [2.45, 2.75) is 6.42 Å². The fraction of sp³-hybridized carbons (Fsp3) is 0.0625. The van der Waals surface area contributed by atoms with Gasteiger partial charge in [-0.1, -0.05) is 24.3 Å². The highest BCUT2D eigenvalue weighted by Crippen LogP contribution is 2.23. The molecular weight excluding hydrogens is 241 g/mol. The molecule has 1 N–H and O–H groups in total. The summed E-state index contributed by atoms with van der Waals surface area (Å²) >= 11 is 0. The molecule has 0 fully saturated rings. The molecule has 3 aromatic rings. The van der Waals surface area contributed by atoms with Crippen LogP contribution in [-0.2, 0) is 6.42 Å². The van der Waals surface area contributed by atoms with Crippen LogP contribution >= 0.6 is 0 Å². The molecule has 3 rings (SSSR count). The molecule has 1 heterocycles. The first-order valence-corrected chi connectivity index (χ1v) is 6.03. The van der Waals surface area contributed by atoms with Crippen molar-refractivity contribution in [3.8, 4) is 5.75 Å². The van der Waals surface area contributed by atoms with Gasteiger partial charge in [0, 0.05) is 11.6 Å². The van der Waals surface area contributed by atoms with Gasteiger partial charge in [-0.25, -0.2) is 4.39 Å². The lowest BCUT2D eigenvalue weighted by atomic mass is 10.0. The number of pyridine rings is 1. The van der Waals surface area contributed by atoms with E-state index in [-0.39, 0.29) is 11.6 Å². The molecule has 0 atom stereocenters. The SMILES string of the molecule is Oc1cccc2cc(Cc3ccc(F)cc3)cnc12. The lowest BCUT2D eigenvalue weighted by Gasteiger charge is -2.04. The van der Waals surface area contributed by atoms with Crippen LogP contribution in [0.1, 0.15) is 11.1 Å². The van der Waals surface area contributed by atoms with Crippen LogP contribution < -0.4 is 0 Å². The lowest BCUT2D eigenvalue weighted by Crippen LogP contribution is -1.90. The van der Waals surface area contributed by atoms with Gasteiger partial charge in [0.2, 0.25) is 0 Å². The number of halogens is 1. The van der Waals surface area contributed by atoms with Crippen LogP contribution in [0.2, 0.25) is 0 Å². The standard InChI is InChI=1S/C16H12FNO/c17-14-6-4-11(5-7-14)8-12-9-13-2-1-3-15(19)16(13)18-10-12/h1-7,9-10,19H,8H2. The number of benzene rings is 2. The smallest absolute Gasteiger partial charge is 0.141 e. The number of para-hydroxylation sites is 1. The minimum atomic E-state index is -0.231. The molecule has 0 saturated carbocycles. The number of aromatic hydroxyl groups is 1. The van der Waals surface area contributed by atoms with Gasteiger partial charge < -0.3 is 5.11 Å². The highest BCUT2D eigenvalue weighted by atomic mass is 19.1. The molecule has 0 unspecified atom stereocenters. The van der Waals surface area contributed by atoms with Crippen LogP contribution in [0, 0.1) is 5.82 Å². The Bertz CT molecular complexity index is 722. The van der Waals surface area contributed by atoms with Crippen LogP contribution in [-0.4, -0.2) is 10.1 Å². The topological polar surface area (TPSA) is 33.1 Å². The summed E-state index contributed by atoms with van der Waals surface area (Å²) in [4.78, 5) is 4.27. The minimum absolute atomic E-state index is 0.186. The van der Waals surface area contributed by atoms with Gasteiger partial charge in [0.1, 0.15) is 17.1 Å². The summed E-state index contributed by atoms with van der Waals surface area (Å²) in [5.74, 6) is -0.0452. The zero-order valence-electron chi connectivity index (χ0n) is 10.2. The largest absolute Gasteiger partial charge is 0.506 e. The number of fused-ring (bicyclic) bond motifs is 1. The van der Waals surface area contributed by atoms with Crippen molar-refractivity contribution < 1.29 is 9.50 Å². The van der Waals surface area contributed by atoms with Crippen molar-refractivity contribution in [1.29, 1.82) is 0 Å². The van der Waals surface area contributed by atoms with Crippen molar-refractivity contribution in [1.82, 2.24) is 4.98 Å². The second kappa shape index (κ2) is 4.69. The third-order valence-electron chi connectivity index (χ3n) is 3.07. The van der Waals surface area contributed by atoms with Gasteiger partial charge >= 0.3 is 0 Å². The van der Waals surface area contributed by atoms with Gasteiger partial charge in [-0.2, -0.15) is 0 Å². The fourth-order valence-corrected chi connectivity index (χ4v) is 2.12. The summed E-state index contributed by atoms with van der Waals surface area (Å²) in [6.07, 6.45) is 2.43. The molecule has 1 aromatic heterocycles. The average molecular weight is 253 g/mol. The first-order valence-electron chi connectivity index (χ1n) is 6.03. The minimum Gasteiger partial charge on any atom is -0.506 e. The van der Waals surface area contributed by atoms with Crippen LogP contribution in [0.5, 0.6) is 5.75 Å². The quantitative estimate of drug-likeness (QED) is 0.756. The molecule has 0 radical (unpaired) electrons. The molecule has 94 valence electrons. The van der Waals surface area contributed by atoms with E-state index in [0.29, 0.717) is 11.9 Å². The first-order chi connectivity index (χ1) is 9.22. The van der Waals surface area contributed by atoms with Gasteiger partial charge in [-0.05, 0) is 41.8 Å². The number of hydrogen-bond donors (Lipinski definition) is 1. The molecule has 0 amide bonds. The maximum absolute atomic E-state index is 12.8. The number of aromatic nitrogens is 1. The molecule has 2 nitrogen and oxygen atoms in total. The molecule has 3 heteroatoms. The molecule has 0 aliphatic carbocycles. The predicted molar refractivity (Wildman–Crippen MR) is 72.6 cm³/mol. The third-order valence-corrected chi connectivity index (χ3v) is 3.07. The van der Waals surface area contributed by atoms with Crippen LogP contribution in [0.3, 0.4) is 0 Å². The van der Waals surface area contributed by atoms with Crippen molar-refractivity contribution in [3.05, 3.63) is 71.7 Å². The Kier molecular flexibility index (Phi) is 2.88. The Morgan fingerprint density at radius 1 is 1.00 bits per heavy atom. The van der Waals surface area contributed by atoms with Gasteiger partial charge in [0.15, 0.2) is 0 Å². The maximum Gasteiger partial charge on any atom is 0.141 e. The molecule has 0 bridgehead atoms. The van der Waals surface area contributed by atoms with Crippen molar-refractivity contribution in [3.63, 3.8) is 0 Å². The first kappa shape index (κ1) is 11.7. The van der Waals surface area contributed by atoms with Gasteiger partial charge in [0.05, 0.1) is 0 Å². The van der Waals surface area contributed by atoms with Crippen molar-refractivity contribution >= 4 is 10.9 Å². The van der Waals surface area contributed by atoms with Gasteiger partial charge in [-0.3, -0.25) is 4.98 Å². The van der Waals surface area contributed by atoms with Crippen molar-refractivity contribution in [2.75, 3.05) is 0 Å². The second-order valence-corrected chi connectivity index (χ2v) is 4.50. The molecule has 2 aromatic carbocycles. The number of nitrogens with zero attached hydrogens (tertiary/aromatic N) is 1. The Balaban J connectivity index is 1.95. The van der Waals surface area contributed by atoms with E-state index in [1.54, 1.807) is 30.5 Å². The number of phenols is 1. The zero-order valence-corrected chi connectivity index (χ0v) is 10.2. The molecule has 0 spiro atoms. The fourth-order valence-electron chi connectivity index (χ4n) is 2.12.